The van der Waals surface area contributed by atoms with E-state index >= 15 is 0 Å². The molecule has 0 aromatic heterocycles. The second kappa shape index (κ2) is 5.81. The highest BCUT2D eigenvalue weighted by molar-refractivity contribution is 6.07. The molecule has 1 saturated heterocycles. The van der Waals surface area contributed by atoms with Crippen molar-refractivity contribution in [1.29, 1.82) is 5.26 Å². The average molecular weight is 302 g/mol. The maximum Gasteiger partial charge on any atom is 0.325 e. The number of nitro benzene ring substituents is 1. The molecule has 22 heavy (non-hydrogen) atoms. The third-order valence-electron chi connectivity index (χ3n) is 3.60. The van der Waals surface area contributed by atoms with Crippen molar-refractivity contribution in [1.82, 2.24) is 10.2 Å². The van der Waals surface area contributed by atoms with E-state index in [4.69, 9.17) is 5.26 Å². The molecule has 1 aromatic carbocycles. The first-order valence-electron chi connectivity index (χ1n) is 6.66. The lowest BCUT2D eigenvalue weighted by molar-refractivity contribution is -0.384. The molecule has 8 heteroatoms. The van der Waals surface area contributed by atoms with Crippen LogP contribution in [0.25, 0.3) is 0 Å². The monoisotopic (exact) mass is 302 g/mol. The number of rotatable bonds is 5. The van der Waals surface area contributed by atoms with Crippen LogP contribution in [0, 0.1) is 21.4 Å². The van der Waals surface area contributed by atoms with Gasteiger partial charge in [0.2, 0.25) is 0 Å². The quantitative estimate of drug-likeness (QED) is 0.384. The second-order valence-electron chi connectivity index (χ2n) is 5.08. The van der Waals surface area contributed by atoms with Crippen LogP contribution in [0.1, 0.15) is 25.3 Å². The van der Waals surface area contributed by atoms with Gasteiger partial charge in [-0.15, -0.1) is 0 Å². The first kappa shape index (κ1) is 15.4. The van der Waals surface area contributed by atoms with E-state index in [0.29, 0.717) is 12.0 Å². The largest absolute Gasteiger partial charge is 0.325 e. The number of benzene rings is 1. The molecular formula is C14H14N4O4. The predicted octanol–water partition coefficient (Wildman–Crippen LogP) is 1.67. The zero-order valence-electron chi connectivity index (χ0n) is 11.9. The van der Waals surface area contributed by atoms with Crippen molar-refractivity contribution in [2.75, 3.05) is 6.54 Å². The number of hydrogen-bond donors (Lipinski definition) is 1. The van der Waals surface area contributed by atoms with Crippen LogP contribution in [0.4, 0.5) is 10.5 Å². The first-order valence-corrected chi connectivity index (χ1v) is 6.66. The molecule has 1 fully saturated rings. The lowest BCUT2D eigenvalue weighted by atomic mass is 9.92. The molecule has 2 rings (SSSR count). The highest BCUT2D eigenvalue weighted by Gasteiger charge is 2.48. The topological polar surface area (TPSA) is 116 Å². The molecular weight excluding hydrogens is 288 g/mol. The van der Waals surface area contributed by atoms with Gasteiger partial charge in [0.1, 0.15) is 5.54 Å². The fraction of sp³-hybridized carbons (Fsp3) is 0.357. The van der Waals surface area contributed by atoms with Crippen LogP contribution in [0.2, 0.25) is 0 Å². The number of nitro groups is 1. The molecule has 0 aliphatic carbocycles. The zero-order chi connectivity index (χ0) is 16.3. The Balaban J connectivity index is 2.23. The van der Waals surface area contributed by atoms with E-state index in [1.54, 1.807) is 6.92 Å². The van der Waals surface area contributed by atoms with Gasteiger partial charge in [-0.25, -0.2) is 4.79 Å². The Labute approximate surface area is 126 Å². The molecule has 8 nitrogen and oxygen atoms in total. The number of imide groups is 1. The summed E-state index contributed by atoms with van der Waals surface area (Å²) in [6.07, 6.45) is 0.664. The van der Waals surface area contributed by atoms with E-state index in [0.717, 1.165) is 4.90 Å². The molecule has 0 spiro atoms. The fourth-order valence-corrected chi connectivity index (χ4v) is 2.33. The van der Waals surface area contributed by atoms with E-state index in [2.05, 4.69) is 5.32 Å². The number of nitrogens with zero attached hydrogens (tertiary/aromatic N) is 3. The Morgan fingerprint density at radius 2 is 2.00 bits per heavy atom. The average Bonchev–Trinajstić information content (AvgIpc) is 2.71. The van der Waals surface area contributed by atoms with Gasteiger partial charge >= 0.3 is 6.03 Å². The standard InChI is InChI=1S/C14H14N4O4/c1-14(10-4-6-11(7-5-10)18(21)22)12(19)17(13(20)16-14)9-3-2-8-15/h4-7H,2-3,9H2,1H3,(H,16,20). The number of nitrogens with one attached hydrogen (secondary N) is 1. The summed E-state index contributed by atoms with van der Waals surface area (Å²) in [5, 5.41) is 21.8. The molecule has 1 unspecified atom stereocenters. The van der Waals surface area contributed by atoms with Crippen LogP contribution in [0.5, 0.6) is 0 Å². The minimum absolute atomic E-state index is 0.0880. The molecule has 0 bridgehead atoms. The van der Waals surface area contributed by atoms with Gasteiger partial charge in [0.05, 0.1) is 11.0 Å². The van der Waals surface area contributed by atoms with Gasteiger partial charge in [-0.1, -0.05) is 0 Å². The van der Waals surface area contributed by atoms with Gasteiger partial charge in [-0.3, -0.25) is 19.8 Å². The van der Waals surface area contributed by atoms with E-state index in [1.165, 1.54) is 24.3 Å². The van der Waals surface area contributed by atoms with Crippen LogP contribution in [-0.4, -0.2) is 28.3 Å². The van der Waals surface area contributed by atoms with Gasteiger partial charge in [0.25, 0.3) is 11.6 Å². The third kappa shape index (κ3) is 2.61. The number of nitriles is 1. The second-order valence-corrected chi connectivity index (χ2v) is 5.08. The van der Waals surface area contributed by atoms with Crippen molar-refractivity contribution >= 4 is 17.6 Å². The molecule has 1 aromatic rings. The van der Waals surface area contributed by atoms with Crippen LogP contribution < -0.4 is 5.32 Å². The first-order chi connectivity index (χ1) is 10.4. The SMILES string of the molecule is CC1(c2ccc([N+](=O)[O-])cc2)NC(=O)N(CCCC#N)C1=O. The number of non-ortho nitro benzene ring substituents is 1. The van der Waals surface area contributed by atoms with Gasteiger partial charge in [0, 0.05) is 25.1 Å². The molecule has 0 radical (unpaired) electrons. The number of carbonyl (C=O) groups excluding carboxylic acids is 2. The summed E-state index contributed by atoms with van der Waals surface area (Å²) in [6, 6.07) is 6.92. The predicted molar refractivity (Wildman–Crippen MR) is 75.5 cm³/mol. The number of hydrogen-bond acceptors (Lipinski definition) is 5. The smallest absolute Gasteiger partial charge is 0.319 e. The van der Waals surface area contributed by atoms with Crippen molar-refractivity contribution in [3.63, 3.8) is 0 Å². The summed E-state index contributed by atoms with van der Waals surface area (Å²) in [7, 11) is 0. The lowest BCUT2D eigenvalue weighted by Crippen LogP contribution is -2.41. The Morgan fingerprint density at radius 3 is 2.55 bits per heavy atom. The molecule has 1 aliphatic rings. The molecule has 1 N–H and O–H groups in total. The van der Waals surface area contributed by atoms with Crippen molar-refractivity contribution < 1.29 is 14.5 Å². The Hall–Kier alpha value is -2.95. The summed E-state index contributed by atoms with van der Waals surface area (Å²) < 4.78 is 0. The minimum Gasteiger partial charge on any atom is -0.319 e. The lowest BCUT2D eigenvalue weighted by Gasteiger charge is -2.22. The summed E-state index contributed by atoms with van der Waals surface area (Å²) in [5.74, 6) is -0.427. The molecule has 1 aliphatic heterocycles. The highest BCUT2D eigenvalue weighted by atomic mass is 16.6. The number of carbonyl (C=O) groups is 2. The van der Waals surface area contributed by atoms with E-state index < -0.39 is 22.4 Å². The summed E-state index contributed by atoms with van der Waals surface area (Å²) in [5.41, 5.74) is -0.868. The Bertz CT molecular complexity index is 664. The summed E-state index contributed by atoms with van der Waals surface area (Å²) in [4.78, 5) is 35.6. The van der Waals surface area contributed by atoms with Crippen molar-refractivity contribution in [3.8, 4) is 6.07 Å². The summed E-state index contributed by atoms with van der Waals surface area (Å²) in [6.45, 7) is 1.72. The van der Waals surface area contributed by atoms with E-state index in [1.807, 2.05) is 6.07 Å². The zero-order valence-corrected chi connectivity index (χ0v) is 11.9. The number of amides is 3. The third-order valence-corrected chi connectivity index (χ3v) is 3.60. The van der Waals surface area contributed by atoms with Gasteiger partial charge < -0.3 is 5.32 Å². The molecule has 3 amide bonds. The van der Waals surface area contributed by atoms with Crippen molar-refractivity contribution in [2.45, 2.75) is 25.3 Å². The molecule has 114 valence electrons. The Morgan fingerprint density at radius 1 is 1.36 bits per heavy atom. The van der Waals surface area contributed by atoms with Crippen molar-refractivity contribution in [3.05, 3.63) is 39.9 Å². The maximum absolute atomic E-state index is 12.5. The normalized spacial score (nSPS) is 20.6. The fourth-order valence-electron chi connectivity index (χ4n) is 2.33. The van der Waals surface area contributed by atoms with Gasteiger partial charge in [0.15, 0.2) is 0 Å². The Kier molecular flexibility index (Phi) is 4.08. The van der Waals surface area contributed by atoms with Crippen LogP contribution >= 0.6 is 0 Å². The van der Waals surface area contributed by atoms with Crippen LogP contribution in [0.15, 0.2) is 24.3 Å². The molecule has 0 saturated carbocycles. The minimum atomic E-state index is -1.25. The van der Waals surface area contributed by atoms with Crippen LogP contribution in [-0.2, 0) is 10.3 Å². The van der Waals surface area contributed by atoms with Crippen LogP contribution in [0.3, 0.4) is 0 Å². The van der Waals surface area contributed by atoms with E-state index in [-0.39, 0.29) is 18.7 Å². The van der Waals surface area contributed by atoms with Gasteiger partial charge in [-0.2, -0.15) is 5.26 Å². The number of urea groups is 1. The van der Waals surface area contributed by atoms with E-state index in [9.17, 15) is 19.7 Å². The van der Waals surface area contributed by atoms with Crippen molar-refractivity contribution in [2.24, 2.45) is 0 Å². The highest BCUT2D eigenvalue weighted by Crippen LogP contribution is 2.30. The molecule has 1 atom stereocenters. The number of unbranched alkanes of at least 4 members (excludes halogenated alkanes) is 1. The summed E-state index contributed by atoms with van der Waals surface area (Å²) >= 11 is 0. The van der Waals surface area contributed by atoms with Gasteiger partial charge in [-0.05, 0) is 31.0 Å². The maximum atomic E-state index is 12.5. The molecule has 1 heterocycles.